The van der Waals surface area contributed by atoms with Crippen molar-refractivity contribution in [3.05, 3.63) is 19.2 Å². The fourth-order valence-corrected chi connectivity index (χ4v) is 2.99. The van der Waals surface area contributed by atoms with Crippen LogP contribution in [-0.2, 0) is 0 Å². The number of carbonyl (C=O) groups is 1. The quantitative estimate of drug-likeness (QED) is 0.748. The minimum atomic E-state index is 0.123. The van der Waals surface area contributed by atoms with E-state index >= 15 is 0 Å². The number of hydrogen-bond donors (Lipinski definition) is 0. The van der Waals surface area contributed by atoms with E-state index in [-0.39, 0.29) is 11.7 Å². The molecule has 1 heterocycles. The highest BCUT2D eigenvalue weighted by atomic mass is 79.9. The van der Waals surface area contributed by atoms with Gasteiger partial charge in [0.15, 0.2) is 5.78 Å². The van der Waals surface area contributed by atoms with Crippen LogP contribution < -0.4 is 0 Å². The molecule has 0 aliphatic carbocycles. The van der Waals surface area contributed by atoms with Crippen molar-refractivity contribution in [1.82, 2.24) is 0 Å². The molecule has 72 valence electrons. The Labute approximate surface area is 98.8 Å². The van der Waals surface area contributed by atoms with E-state index in [1.54, 1.807) is 0 Å². The van der Waals surface area contributed by atoms with Crippen molar-refractivity contribution in [1.29, 1.82) is 0 Å². The van der Waals surface area contributed by atoms with Crippen LogP contribution in [0.15, 0.2) is 14.3 Å². The van der Waals surface area contributed by atoms with Gasteiger partial charge in [0.05, 0.1) is 8.66 Å². The Morgan fingerprint density at radius 2 is 2.23 bits per heavy atom. The lowest BCUT2D eigenvalue weighted by Gasteiger charge is -2.03. The normalized spacial score (nSPS) is 12.9. The van der Waals surface area contributed by atoms with Gasteiger partial charge in [0.2, 0.25) is 0 Å². The summed E-state index contributed by atoms with van der Waals surface area (Å²) in [6.45, 7) is 3.99. The monoisotopic (exact) mass is 324 g/mol. The van der Waals surface area contributed by atoms with Gasteiger partial charge in [-0.05, 0) is 44.3 Å². The van der Waals surface area contributed by atoms with E-state index in [4.69, 9.17) is 0 Å². The summed E-state index contributed by atoms with van der Waals surface area (Å²) in [7, 11) is 0. The van der Waals surface area contributed by atoms with Gasteiger partial charge in [-0.25, -0.2) is 0 Å². The molecule has 1 aromatic rings. The molecule has 0 aliphatic rings. The predicted molar refractivity (Wildman–Crippen MR) is 63.5 cm³/mol. The van der Waals surface area contributed by atoms with Gasteiger partial charge in [0.1, 0.15) is 0 Å². The Balaban J connectivity index is 2.89. The average molecular weight is 326 g/mol. The fraction of sp³-hybridized carbons (Fsp3) is 0.444. The molecule has 1 rings (SSSR count). The average Bonchev–Trinajstić information content (AvgIpc) is 2.44. The molecule has 1 nitrogen and oxygen atoms in total. The zero-order valence-corrected chi connectivity index (χ0v) is 11.4. The van der Waals surface area contributed by atoms with Gasteiger partial charge in [0.25, 0.3) is 0 Å². The van der Waals surface area contributed by atoms with Gasteiger partial charge in [-0.3, -0.25) is 4.79 Å². The standard InChI is InChI=1S/C9H10Br2OS/c1-3-5(2)8(12)7-4-6(10)9(11)13-7/h4-5H,3H2,1-2H3. The summed E-state index contributed by atoms with van der Waals surface area (Å²) < 4.78 is 1.95. The van der Waals surface area contributed by atoms with E-state index in [1.165, 1.54) is 11.3 Å². The van der Waals surface area contributed by atoms with Crippen molar-refractivity contribution < 1.29 is 4.79 Å². The van der Waals surface area contributed by atoms with E-state index in [9.17, 15) is 4.79 Å². The maximum atomic E-state index is 11.7. The number of Topliss-reactive ketones (excluding diaryl/α,β-unsaturated/α-hetero) is 1. The van der Waals surface area contributed by atoms with Gasteiger partial charge < -0.3 is 0 Å². The largest absolute Gasteiger partial charge is 0.293 e. The third kappa shape index (κ3) is 2.64. The Kier molecular flexibility index (Phi) is 4.13. The first kappa shape index (κ1) is 11.4. The Morgan fingerprint density at radius 3 is 2.62 bits per heavy atom. The van der Waals surface area contributed by atoms with Crippen molar-refractivity contribution >= 4 is 49.0 Å². The van der Waals surface area contributed by atoms with Gasteiger partial charge in [-0.2, -0.15) is 0 Å². The van der Waals surface area contributed by atoms with Crippen LogP contribution >= 0.6 is 43.2 Å². The van der Waals surface area contributed by atoms with Crippen LogP contribution in [-0.4, -0.2) is 5.78 Å². The summed E-state index contributed by atoms with van der Waals surface area (Å²) in [5.74, 6) is 0.358. The molecule has 0 spiro atoms. The topological polar surface area (TPSA) is 17.1 Å². The molecule has 1 atom stereocenters. The van der Waals surface area contributed by atoms with Crippen molar-refractivity contribution in [2.75, 3.05) is 0 Å². The molecule has 0 amide bonds. The van der Waals surface area contributed by atoms with Gasteiger partial charge in [-0.1, -0.05) is 13.8 Å². The summed E-state index contributed by atoms with van der Waals surface area (Å²) in [5.41, 5.74) is 0. The summed E-state index contributed by atoms with van der Waals surface area (Å²) in [4.78, 5) is 12.5. The Morgan fingerprint density at radius 1 is 1.62 bits per heavy atom. The molecule has 0 aliphatic heterocycles. The van der Waals surface area contributed by atoms with Crippen LogP contribution in [0.25, 0.3) is 0 Å². The van der Waals surface area contributed by atoms with Gasteiger partial charge in [-0.15, -0.1) is 11.3 Å². The van der Waals surface area contributed by atoms with Crippen LogP contribution in [0.4, 0.5) is 0 Å². The van der Waals surface area contributed by atoms with Crippen molar-refractivity contribution in [2.45, 2.75) is 20.3 Å². The number of ketones is 1. The fourth-order valence-electron chi connectivity index (χ4n) is 0.896. The third-order valence-corrected chi connectivity index (χ3v) is 5.22. The second-order valence-corrected chi connectivity index (χ2v) is 6.13. The van der Waals surface area contributed by atoms with E-state index in [0.717, 1.165) is 19.6 Å². The number of carbonyl (C=O) groups excluding carboxylic acids is 1. The second kappa shape index (κ2) is 4.71. The number of rotatable bonds is 3. The molecular formula is C9H10Br2OS. The summed E-state index contributed by atoms with van der Waals surface area (Å²) in [5, 5.41) is 0. The maximum absolute atomic E-state index is 11.7. The van der Waals surface area contributed by atoms with Crippen LogP contribution in [0.2, 0.25) is 0 Å². The highest BCUT2D eigenvalue weighted by molar-refractivity contribution is 9.13. The maximum Gasteiger partial charge on any atom is 0.175 e. The lowest BCUT2D eigenvalue weighted by Crippen LogP contribution is -2.07. The third-order valence-electron chi connectivity index (χ3n) is 1.95. The first-order chi connectivity index (χ1) is 6.06. The van der Waals surface area contributed by atoms with E-state index in [1.807, 2.05) is 19.9 Å². The van der Waals surface area contributed by atoms with Crippen LogP contribution in [0.5, 0.6) is 0 Å². The molecule has 0 bridgehead atoms. The minimum absolute atomic E-state index is 0.123. The molecule has 0 saturated carbocycles. The van der Waals surface area contributed by atoms with Gasteiger partial charge in [0, 0.05) is 10.4 Å². The molecule has 0 saturated heterocycles. The first-order valence-corrected chi connectivity index (χ1v) is 6.45. The van der Waals surface area contributed by atoms with E-state index in [2.05, 4.69) is 31.9 Å². The molecule has 1 aromatic heterocycles. The van der Waals surface area contributed by atoms with Crippen LogP contribution in [0, 0.1) is 5.92 Å². The Bertz CT molecular complexity index is 300. The smallest absolute Gasteiger partial charge is 0.175 e. The summed E-state index contributed by atoms with van der Waals surface area (Å²) in [6, 6.07) is 1.88. The van der Waals surface area contributed by atoms with Crippen molar-refractivity contribution in [2.24, 2.45) is 5.92 Å². The zero-order valence-electron chi connectivity index (χ0n) is 7.43. The van der Waals surface area contributed by atoms with Crippen molar-refractivity contribution in [3.8, 4) is 0 Å². The lowest BCUT2D eigenvalue weighted by atomic mass is 10.0. The number of hydrogen-bond acceptors (Lipinski definition) is 2. The molecule has 1 unspecified atom stereocenters. The molecule has 0 N–H and O–H groups in total. The first-order valence-electron chi connectivity index (χ1n) is 4.05. The number of halogens is 2. The molecule has 0 fully saturated rings. The highest BCUT2D eigenvalue weighted by Crippen LogP contribution is 2.33. The second-order valence-electron chi connectivity index (χ2n) is 2.91. The highest BCUT2D eigenvalue weighted by Gasteiger charge is 2.16. The summed E-state index contributed by atoms with van der Waals surface area (Å²) in [6.07, 6.45) is 0.895. The molecular weight excluding hydrogens is 316 g/mol. The minimum Gasteiger partial charge on any atom is -0.293 e. The van der Waals surface area contributed by atoms with Gasteiger partial charge >= 0.3 is 0 Å². The van der Waals surface area contributed by atoms with E-state index in [0.29, 0.717) is 0 Å². The molecule has 0 aromatic carbocycles. The lowest BCUT2D eigenvalue weighted by molar-refractivity contribution is 0.0931. The molecule has 0 radical (unpaired) electrons. The Hall–Kier alpha value is 0.330. The molecule has 13 heavy (non-hydrogen) atoms. The zero-order chi connectivity index (χ0) is 10.0. The summed E-state index contributed by atoms with van der Waals surface area (Å²) >= 11 is 8.23. The van der Waals surface area contributed by atoms with Crippen molar-refractivity contribution in [3.63, 3.8) is 0 Å². The van der Waals surface area contributed by atoms with Crippen LogP contribution in [0.1, 0.15) is 29.9 Å². The van der Waals surface area contributed by atoms with E-state index < -0.39 is 0 Å². The van der Waals surface area contributed by atoms with Crippen LogP contribution in [0.3, 0.4) is 0 Å². The predicted octanol–water partition coefficient (Wildman–Crippen LogP) is 4.50. The SMILES string of the molecule is CCC(C)C(=O)c1cc(Br)c(Br)s1. The number of thiophene rings is 1. The molecule has 4 heteroatoms.